The third-order valence-corrected chi connectivity index (χ3v) is 3.23. The Balaban J connectivity index is 2.47. The predicted molar refractivity (Wildman–Crippen MR) is 69.6 cm³/mol. The van der Waals surface area contributed by atoms with Gasteiger partial charge in [-0.15, -0.1) is 0 Å². The molecule has 1 N–H and O–H groups in total. The maximum Gasteiger partial charge on any atom is 0.194 e. The standard InChI is InChI=1S/C13H13ClN2O/c1-13(2,3)8-6-4-5-7-9-11(17-10(7)8)12(14)16-15-9/h4-6H,1-3H3,(H,15,16). The van der Waals surface area contributed by atoms with E-state index in [0.717, 1.165) is 16.5 Å². The van der Waals surface area contributed by atoms with Crippen LogP contribution in [0.1, 0.15) is 26.3 Å². The lowest BCUT2D eigenvalue weighted by atomic mass is 9.86. The van der Waals surface area contributed by atoms with Crippen LogP contribution in [0.5, 0.6) is 0 Å². The highest BCUT2D eigenvalue weighted by Crippen LogP contribution is 2.37. The van der Waals surface area contributed by atoms with Crippen LogP contribution in [0.25, 0.3) is 22.1 Å². The van der Waals surface area contributed by atoms with Crippen LogP contribution in [0, 0.1) is 0 Å². The molecule has 0 unspecified atom stereocenters. The summed E-state index contributed by atoms with van der Waals surface area (Å²) in [6, 6.07) is 6.14. The van der Waals surface area contributed by atoms with Crippen molar-refractivity contribution in [3.8, 4) is 0 Å². The van der Waals surface area contributed by atoms with E-state index < -0.39 is 0 Å². The Bertz CT molecular complexity index is 703. The van der Waals surface area contributed by atoms with Gasteiger partial charge >= 0.3 is 0 Å². The largest absolute Gasteiger partial charge is 0.451 e. The fourth-order valence-electron chi connectivity index (χ4n) is 2.12. The van der Waals surface area contributed by atoms with Gasteiger partial charge in [0.15, 0.2) is 10.7 Å². The van der Waals surface area contributed by atoms with Crippen LogP contribution in [0.15, 0.2) is 22.6 Å². The van der Waals surface area contributed by atoms with Crippen molar-refractivity contribution >= 4 is 33.7 Å². The van der Waals surface area contributed by atoms with E-state index in [0.29, 0.717) is 10.7 Å². The average molecular weight is 249 g/mol. The van der Waals surface area contributed by atoms with Gasteiger partial charge in [-0.05, 0) is 11.5 Å². The van der Waals surface area contributed by atoms with Gasteiger partial charge in [0.25, 0.3) is 0 Å². The summed E-state index contributed by atoms with van der Waals surface area (Å²) in [5.74, 6) is 0. The third-order valence-electron chi connectivity index (χ3n) is 2.98. The quantitative estimate of drug-likeness (QED) is 0.646. The molecule has 0 amide bonds. The fourth-order valence-corrected chi connectivity index (χ4v) is 2.30. The Morgan fingerprint density at radius 3 is 2.71 bits per heavy atom. The molecule has 0 atom stereocenters. The number of fused-ring (bicyclic) bond motifs is 3. The molecule has 0 aliphatic carbocycles. The Morgan fingerprint density at radius 1 is 1.24 bits per heavy atom. The topological polar surface area (TPSA) is 41.8 Å². The maximum atomic E-state index is 5.97. The first kappa shape index (κ1) is 10.7. The minimum atomic E-state index is 0.0364. The van der Waals surface area contributed by atoms with Gasteiger partial charge < -0.3 is 4.42 Å². The number of halogens is 1. The molecule has 3 aromatic rings. The molecule has 0 fully saturated rings. The first-order chi connectivity index (χ1) is 7.98. The van der Waals surface area contributed by atoms with Gasteiger partial charge in [0, 0.05) is 10.9 Å². The molecule has 0 spiro atoms. The molecule has 0 saturated carbocycles. The molecular weight excluding hydrogens is 236 g/mol. The van der Waals surface area contributed by atoms with Crippen LogP contribution in [0.2, 0.25) is 5.15 Å². The number of hydrogen-bond acceptors (Lipinski definition) is 2. The minimum Gasteiger partial charge on any atom is -0.451 e. The van der Waals surface area contributed by atoms with Crippen molar-refractivity contribution in [1.82, 2.24) is 10.2 Å². The fraction of sp³-hybridized carbons (Fsp3) is 0.308. The Morgan fingerprint density at radius 2 is 2.00 bits per heavy atom. The van der Waals surface area contributed by atoms with Gasteiger partial charge in [0.2, 0.25) is 0 Å². The highest BCUT2D eigenvalue weighted by atomic mass is 35.5. The molecule has 17 heavy (non-hydrogen) atoms. The lowest BCUT2D eigenvalue weighted by Gasteiger charge is -2.18. The number of furan rings is 1. The number of nitrogens with one attached hydrogen (secondary N) is 1. The molecule has 3 rings (SSSR count). The number of rotatable bonds is 0. The van der Waals surface area contributed by atoms with E-state index >= 15 is 0 Å². The molecule has 1 aromatic carbocycles. The van der Waals surface area contributed by atoms with Crippen LogP contribution in [0.4, 0.5) is 0 Å². The van der Waals surface area contributed by atoms with Crippen molar-refractivity contribution in [2.45, 2.75) is 26.2 Å². The molecule has 0 saturated heterocycles. The molecule has 0 aliphatic rings. The van der Waals surface area contributed by atoms with Crippen molar-refractivity contribution in [3.05, 3.63) is 28.9 Å². The summed E-state index contributed by atoms with van der Waals surface area (Å²) in [6.07, 6.45) is 0. The van der Waals surface area contributed by atoms with Crippen molar-refractivity contribution in [2.24, 2.45) is 0 Å². The number of para-hydroxylation sites is 1. The van der Waals surface area contributed by atoms with Gasteiger partial charge in [0.1, 0.15) is 11.1 Å². The average Bonchev–Trinajstić information content (AvgIpc) is 2.77. The van der Waals surface area contributed by atoms with Crippen LogP contribution in [-0.4, -0.2) is 10.2 Å². The molecule has 4 heteroatoms. The number of benzene rings is 1. The maximum absolute atomic E-state index is 5.97. The second kappa shape index (κ2) is 3.26. The highest BCUT2D eigenvalue weighted by Gasteiger charge is 2.22. The summed E-state index contributed by atoms with van der Waals surface area (Å²) in [6.45, 7) is 6.50. The molecule has 2 aromatic heterocycles. The smallest absolute Gasteiger partial charge is 0.194 e. The molecule has 88 valence electrons. The lowest BCUT2D eigenvalue weighted by Crippen LogP contribution is -2.10. The van der Waals surface area contributed by atoms with Crippen molar-refractivity contribution in [1.29, 1.82) is 0 Å². The van der Waals surface area contributed by atoms with Crippen LogP contribution in [0.3, 0.4) is 0 Å². The van der Waals surface area contributed by atoms with E-state index in [2.05, 4.69) is 37.0 Å². The third kappa shape index (κ3) is 1.46. The number of aromatic nitrogens is 2. The molecule has 2 heterocycles. The molecule has 0 bridgehead atoms. The summed E-state index contributed by atoms with van der Waals surface area (Å²) < 4.78 is 5.86. The van der Waals surface area contributed by atoms with Crippen molar-refractivity contribution < 1.29 is 4.42 Å². The van der Waals surface area contributed by atoms with E-state index in [-0.39, 0.29) is 5.41 Å². The second-order valence-electron chi connectivity index (χ2n) is 5.25. The van der Waals surface area contributed by atoms with Crippen molar-refractivity contribution in [3.63, 3.8) is 0 Å². The first-order valence-corrected chi connectivity index (χ1v) is 5.92. The SMILES string of the molecule is CC(C)(C)c1cccc2c1oc1c(Cl)n[nH]c12. The van der Waals surface area contributed by atoms with Gasteiger partial charge in [-0.1, -0.05) is 44.5 Å². The Labute approximate surface area is 104 Å². The zero-order chi connectivity index (χ0) is 12.2. The monoisotopic (exact) mass is 248 g/mol. The van der Waals surface area contributed by atoms with E-state index in [1.54, 1.807) is 0 Å². The molecule has 3 nitrogen and oxygen atoms in total. The van der Waals surface area contributed by atoms with Gasteiger partial charge in [-0.2, -0.15) is 5.10 Å². The van der Waals surface area contributed by atoms with E-state index in [1.165, 1.54) is 5.56 Å². The van der Waals surface area contributed by atoms with Crippen LogP contribution in [-0.2, 0) is 5.41 Å². The lowest BCUT2D eigenvalue weighted by molar-refractivity contribution is 0.573. The summed E-state index contributed by atoms with van der Waals surface area (Å²) in [5.41, 5.74) is 3.62. The second-order valence-corrected chi connectivity index (χ2v) is 5.61. The van der Waals surface area contributed by atoms with E-state index in [4.69, 9.17) is 16.0 Å². The number of hydrogen-bond donors (Lipinski definition) is 1. The summed E-state index contributed by atoms with van der Waals surface area (Å²) in [7, 11) is 0. The Kier molecular flexibility index (Phi) is 2.05. The van der Waals surface area contributed by atoms with Gasteiger partial charge in [-0.25, -0.2) is 0 Å². The predicted octanol–water partition coefficient (Wildman–Crippen LogP) is 4.26. The zero-order valence-electron chi connectivity index (χ0n) is 9.97. The highest BCUT2D eigenvalue weighted by molar-refractivity contribution is 6.34. The normalized spacial score (nSPS) is 12.7. The minimum absolute atomic E-state index is 0.0364. The number of H-pyrrole nitrogens is 1. The zero-order valence-corrected chi connectivity index (χ0v) is 10.7. The van der Waals surface area contributed by atoms with E-state index in [1.807, 2.05) is 12.1 Å². The van der Waals surface area contributed by atoms with Crippen LogP contribution < -0.4 is 0 Å². The first-order valence-electron chi connectivity index (χ1n) is 5.54. The Hall–Kier alpha value is -1.48. The summed E-state index contributed by atoms with van der Waals surface area (Å²) >= 11 is 5.97. The van der Waals surface area contributed by atoms with Crippen molar-refractivity contribution in [2.75, 3.05) is 0 Å². The number of nitrogens with zero attached hydrogens (tertiary/aromatic N) is 1. The van der Waals surface area contributed by atoms with Crippen LogP contribution >= 0.6 is 11.6 Å². The molecule has 0 aliphatic heterocycles. The molecular formula is C13H13ClN2O. The summed E-state index contributed by atoms with van der Waals surface area (Å²) in [4.78, 5) is 0. The summed E-state index contributed by atoms with van der Waals surface area (Å²) in [5, 5.41) is 8.28. The number of aromatic amines is 1. The van der Waals surface area contributed by atoms with E-state index in [9.17, 15) is 0 Å². The molecule has 0 radical (unpaired) electrons. The van der Waals surface area contributed by atoms with Gasteiger partial charge in [0.05, 0.1) is 0 Å². The van der Waals surface area contributed by atoms with Gasteiger partial charge in [-0.3, -0.25) is 5.10 Å².